The molecule has 0 amide bonds. The van der Waals surface area contributed by atoms with Crippen molar-refractivity contribution in [1.82, 2.24) is 0 Å². The minimum atomic E-state index is 1.03. The number of unbranched alkanes of at least 4 members (excludes halogenated alkanes) is 1. The van der Waals surface area contributed by atoms with Crippen LogP contribution in [0.5, 0.6) is 0 Å². The van der Waals surface area contributed by atoms with Gasteiger partial charge in [-0.05, 0) is 32.6 Å². The van der Waals surface area contributed by atoms with E-state index in [1.807, 2.05) is 6.08 Å². The van der Waals surface area contributed by atoms with Crippen LogP contribution in [0.1, 0.15) is 32.6 Å². The number of rotatable bonds is 7. The molecule has 72 valence electrons. The number of hydrogen-bond acceptors (Lipinski definition) is 0. The van der Waals surface area contributed by atoms with Gasteiger partial charge in [-0.3, -0.25) is 0 Å². The third-order valence-electron chi connectivity index (χ3n) is 1.82. The van der Waals surface area contributed by atoms with Crippen LogP contribution in [-0.4, -0.2) is 0 Å². The maximum Gasteiger partial charge on any atom is -0.0250 e. The second-order valence-electron chi connectivity index (χ2n) is 3.02. The molecule has 0 rings (SSSR count). The molecule has 0 bridgehead atoms. The summed E-state index contributed by atoms with van der Waals surface area (Å²) in [6.07, 6.45) is 15.0. The first kappa shape index (κ1) is 12.0. The topological polar surface area (TPSA) is 0 Å². The van der Waals surface area contributed by atoms with Crippen molar-refractivity contribution in [3.8, 4) is 0 Å². The van der Waals surface area contributed by atoms with Crippen molar-refractivity contribution in [3.63, 3.8) is 0 Å². The summed E-state index contributed by atoms with van der Waals surface area (Å²) in [5.41, 5.74) is 1.12. The van der Waals surface area contributed by atoms with Crippen LogP contribution in [0.2, 0.25) is 0 Å². The van der Waals surface area contributed by atoms with E-state index in [4.69, 9.17) is 0 Å². The van der Waals surface area contributed by atoms with Crippen molar-refractivity contribution in [2.75, 3.05) is 0 Å². The van der Waals surface area contributed by atoms with Crippen molar-refractivity contribution in [2.45, 2.75) is 32.6 Å². The molecule has 0 radical (unpaired) electrons. The first-order valence-corrected chi connectivity index (χ1v) is 4.87. The van der Waals surface area contributed by atoms with Gasteiger partial charge in [0.2, 0.25) is 0 Å². The Hall–Kier alpha value is -1.04. The van der Waals surface area contributed by atoms with Gasteiger partial charge in [-0.1, -0.05) is 49.1 Å². The average molecular weight is 176 g/mol. The molecule has 0 aromatic heterocycles. The van der Waals surface area contributed by atoms with E-state index in [9.17, 15) is 0 Å². The van der Waals surface area contributed by atoms with E-state index in [1.54, 1.807) is 0 Å². The average Bonchev–Trinajstić information content (AvgIpc) is 2.16. The zero-order chi connectivity index (χ0) is 9.94. The molecule has 13 heavy (non-hydrogen) atoms. The minimum Gasteiger partial charge on any atom is -0.0988 e. The summed E-state index contributed by atoms with van der Waals surface area (Å²) in [5, 5.41) is 0. The fourth-order valence-corrected chi connectivity index (χ4v) is 0.966. The zero-order valence-corrected chi connectivity index (χ0v) is 8.63. The summed E-state index contributed by atoms with van der Waals surface area (Å²) >= 11 is 0. The highest BCUT2D eigenvalue weighted by Gasteiger charge is 1.84. The molecule has 0 nitrogen and oxygen atoms in total. The van der Waals surface area contributed by atoms with E-state index >= 15 is 0 Å². The van der Waals surface area contributed by atoms with Crippen LogP contribution in [0.25, 0.3) is 0 Å². The third-order valence-corrected chi connectivity index (χ3v) is 1.82. The summed E-state index contributed by atoms with van der Waals surface area (Å²) in [7, 11) is 0. The number of hydrogen-bond donors (Lipinski definition) is 0. The van der Waals surface area contributed by atoms with Gasteiger partial charge in [0, 0.05) is 0 Å². The van der Waals surface area contributed by atoms with Gasteiger partial charge in [-0.15, -0.1) is 0 Å². The molecule has 0 heteroatoms. The van der Waals surface area contributed by atoms with Gasteiger partial charge in [0.05, 0.1) is 0 Å². The van der Waals surface area contributed by atoms with E-state index < -0.39 is 0 Å². The molecule has 0 aliphatic carbocycles. The Bertz CT molecular complexity index is 194. The maximum absolute atomic E-state index is 3.86. The molecule has 0 spiro atoms. The molecule has 0 heterocycles. The van der Waals surface area contributed by atoms with Crippen molar-refractivity contribution in [1.29, 1.82) is 0 Å². The Balaban J connectivity index is 3.31. The van der Waals surface area contributed by atoms with Crippen molar-refractivity contribution in [3.05, 3.63) is 49.1 Å². The Morgan fingerprint density at radius 2 is 1.69 bits per heavy atom. The molecule has 0 saturated heterocycles. The predicted molar refractivity (Wildman–Crippen MR) is 61.8 cm³/mol. The summed E-state index contributed by atoms with van der Waals surface area (Å²) in [5.74, 6) is 0. The second kappa shape index (κ2) is 9.05. The molecule has 0 N–H and O–H groups in total. The molecule has 0 atom stereocenters. The largest absolute Gasteiger partial charge is 0.0988 e. The highest BCUT2D eigenvalue weighted by Crippen LogP contribution is 2.04. The van der Waals surface area contributed by atoms with Gasteiger partial charge in [0.25, 0.3) is 0 Å². The molecule has 0 saturated carbocycles. The number of allylic oxidation sites excluding steroid dienone is 6. The Kier molecular flexibility index (Phi) is 8.33. The summed E-state index contributed by atoms with van der Waals surface area (Å²) in [4.78, 5) is 0. The highest BCUT2D eigenvalue weighted by molar-refractivity contribution is 5.11. The molecule has 0 fully saturated rings. The monoisotopic (exact) mass is 176 g/mol. The molecule has 0 aliphatic rings. The lowest BCUT2D eigenvalue weighted by Crippen LogP contribution is -1.73. The molecule has 0 aliphatic heterocycles. The van der Waals surface area contributed by atoms with Gasteiger partial charge in [-0.2, -0.15) is 0 Å². The lowest BCUT2D eigenvalue weighted by Gasteiger charge is -1.93. The zero-order valence-electron chi connectivity index (χ0n) is 8.63. The van der Waals surface area contributed by atoms with Crippen molar-refractivity contribution >= 4 is 0 Å². The van der Waals surface area contributed by atoms with Gasteiger partial charge < -0.3 is 0 Å². The quantitative estimate of drug-likeness (QED) is 0.306. The molecular weight excluding hydrogens is 156 g/mol. The first-order valence-electron chi connectivity index (χ1n) is 4.87. The molecule has 0 aromatic rings. The van der Waals surface area contributed by atoms with Crippen LogP contribution in [0.15, 0.2) is 49.1 Å². The van der Waals surface area contributed by atoms with Gasteiger partial charge >= 0.3 is 0 Å². The van der Waals surface area contributed by atoms with Gasteiger partial charge in [-0.25, -0.2) is 0 Å². The van der Waals surface area contributed by atoms with E-state index in [0.29, 0.717) is 0 Å². The summed E-state index contributed by atoms with van der Waals surface area (Å²) in [6, 6.07) is 0. The summed E-state index contributed by atoms with van der Waals surface area (Å²) < 4.78 is 0. The minimum absolute atomic E-state index is 1.03. The van der Waals surface area contributed by atoms with Crippen LogP contribution in [0.4, 0.5) is 0 Å². The fourth-order valence-electron chi connectivity index (χ4n) is 0.966. The maximum atomic E-state index is 3.86. The lowest BCUT2D eigenvalue weighted by molar-refractivity contribution is 0.983. The molecular formula is C13H20. The smallest absolute Gasteiger partial charge is 0.0250 e. The lowest BCUT2D eigenvalue weighted by atomic mass is 10.1. The third kappa shape index (κ3) is 8.87. The van der Waals surface area contributed by atoms with Crippen LogP contribution in [-0.2, 0) is 0 Å². The summed E-state index contributed by atoms with van der Waals surface area (Å²) in [6.45, 7) is 9.58. The standard InChI is InChI=1S/C13H20/c1-4-6-7-8-9-10-11-12-13(3)5-2/h4-6,9-10H,2-3,7-8,11-12H2,1H3. The van der Waals surface area contributed by atoms with Crippen LogP contribution in [0.3, 0.4) is 0 Å². The van der Waals surface area contributed by atoms with E-state index in [2.05, 4.69) is 44.4 Å². The van der Waals surface area contributed by atoms with Gasteiger partial charge in [0.1, 0.15) is 0 Å². The Labute approximate surface area is 82.4 Å². The van der Waals surface area contributed by atoms with Crippen molar-refractivity contribution < 1.29 is 0 Å². The Morgan fingerprint density at radius 1 is 1.08 bits per heavy atom. The van der Waals surface area contributed by atoms with Crippen LogP contribution < -0.4 is 0 Å². The SMILES string of the molecule is C=CC(=C)CCC=CCCC=CC. The first-order chi connectivity index (χ1) is 6.31. The molecule has 0 unspecified atom stereocenters. The normalized spacial score (nSPS) is 11.2. The van der Waals surface area contributed by atoms with Crippen LogP contribution >= 0.6 is 0 Å². The molecule has 0 aromatic carbocycles. The van der Waals surface area contributed by atoms with E-state index in [1.165, 1.54) is 0 Å². The fraction of sp³-hybridized carbons (Fsp3) is 0.385. The van der Waals surface area contributed by atoms with Crippen LogP contribution in [0, 0.1) is 0 Å². The second-order valence-corrected chi connectivity index (χ2v) is 3.02. The highest BCUT2D eigenvalue weighted by atomic mass is 13.9. The van der Waals surface area contributed by atoms with E-state index in [-0.39, 0.29) is 0 Å². The van der Waals surface area contributed by atoms with Crippen molar-refractivity contribution in [2.24, 2.45) is 0 Å². The predicted octanol–water partition coefficient (Wildman–Crippen LogP) is 4.42. The van der Waals surface area contributed by atoms with E-state index in [0.717, 1.165) is 31.3 Å². The Morgan fingerprint density at radius 3 is 2.31 bits per heavy atom. The van der Waals surface area contributed by atoms with Gasteiger partial charge in [0.15, 0.2) is 0 Å².